The minimum Gasteiger partial charge on any atom is -0.486 e. The van der Waals surface area contributed by atoms with E-state index in [2.05, 4.69) is 12.1 Å². The zero-order valence-electron chi connectivity index (χ0n) is 19.9. The van der Waals surface area contributed by atoms with E-state index in [4.69, 9.17) is 9.47 Å². The topological polar surface area (TPSA) is 76.2 Å². The van der Waals surface area contributed by atoms with Crippen molar-refractivity contribution in [1.29, 1.82) is 0 Å². The van der Waals surface area contributed by atoms with Crippen LogP contribution < -0.4 is 9.47 Å². The number of hydrogen-bond donors (Lipinski definition) is 0. The number of piperidine rings is 1. The lowest BCUT2D eigenvalue weighted by Crippen LogP contribution is -2.50. The minimum atomic E-state index is -3.52. The second-order valence-electron chi connectivity index (χ2n) is 10.3. The summed E-state index contributed by atoms with van der Waals surface area (Å²) < 4.78 is 39.2. The van der Waals surface area contributed by atoms with Gasteiger partial charge >= 0.3 is 0 Å². The van der Waals surface area contributed by atoms with E-state index in [1.165, 1.54) is 28.3 Å². The second-order valence-corrected chi connectivity index (χ2v) is 12.3. The Morgan fingerprint density at radius 1 is 0.943 bits per heavy atom. The smallest absolute Gasteiger partial charge is 0.243 e. The van der Waals surface area contributed by atoms with Crippen LogP contribution in [0.4, 0.5) is 0 Å². The first-order chi connectivity index (χ1) is 17.0. The van der Waals surface area contributed by atoms with E-state index in [9.17, 15) is 13.2 Å². The third-order valence-corrected chi connectivity index (χ3v) is 10.2. The fourth-order valence-corrected chi connectivity index (χ4v) is 7.94. The molecule has 2 aromatic carbocycles. The van der Waals surface area contributed by atoms with Crippen molar-refractivity contribution in [3.63, 3.8) is 0 Å². The highest BCUT2D eigenvalue weighted by Crippen LogP contribution is 2.49. The van der Waals surface area contributed by atoms with Crippen molar-refractivity contribution >= 4 is 15.9 Å². The van der Waals surface area contributed by atoms with Crippen LogP contribution in [0.2, 0.25) is 0 Å². The highest BCUT2D eigenvalue weighted by molar-refractivity contribution is 7.89. The zero-order chi connectivity index (χ0) is 24.0. The van der Waals surface area contributed by atoms with Crippen molar-refractivity contribution < 1.29 is 22.7 Å². The van der Waals surface area contributed by atoms with Crippen LogP contribution in [0.3, 0.4) is 0 Å². The summed E-state index contributed by atoms with van der Waals surface area (Å²) in [6.45, 7) is 3.19. The molecule has 2 aromatic rings. The standard InChI is InChI=1S/C27H32N2O5S/c30-26(20-8-12-29(13-9-20)35(31,32)22-6-2-1-3-7-22)28-18-21-16-24-25(34-15-14-33-24)17-23(21)27(19-28)10-4-5-11-27/h1-3,6-7,16-17,20H,4-5,8-15,18-19H2. The summed E-state index contributed by atoms with van der Waals surface area (Å²) in [5, 5.41) is 0. The van der Waals surface area contributed by atoms with Gasteiger partial charge in [0.25, 0.3) is 0 Å². The number of sulfonamides is 1. The number of nitrogens with zero attached hydrogens (tertiary/aromatic N) is 2. The molecule has 2 fully saturated rings. The first-order valence-corrected chi connectivity index (χ1v) is 14.2. The van der Waals surface area contributed by atoms with E-state index in [0.717, 1.165) is 30.9 Å². The minimum absolute atomic E-state index is 0.0174. The van der Waals surface area contributed by atoms with Crippen molar-refractivity contribution in [2.45, 2.75) is 55.4 Å². The number of ether oxygens (including phenoxy) is 2. The Labute approximate surface area is 207 Å². The van der Waals surface area contributed by atoms with Gasteiger partial charge in [0, 0.05) is 37.5 Å². The number of carbonyl (C=O) groups is 1. The average Bonchev–Trinajstić information content (AvgIpc) is 3.36. The van der Waals surface area contributed by atoms with Gasteiger partial charge in [-0.05, 0) is 61.1 Å². The molecule has 0 bridgehead atoms. The summed E-state index contributed by atoms with van der Waals surface area (Å²) >= 11 is 0. The largest absolute Gasteiger partial charge is 0.486 e. The lowest BCUT2D eigenvalue weighted by molar-refractivity contribution is -0.139. The van der Waals surface area contributed by atoms with Crippen LogP contribution in [-0.2, 0) is 26.8 Å². The average molecular weight is 497 g/mol. The number of benzene rings is 2. The molecule has 1 aliphatic carbocycles. The van der Waals surface area contributed by atoms with Gasteiger partial charge in [-0.1, -0.05) is 31.0 Å². The van der Waals surface area contributed by atoms with Gasteiger partial charge in [-0.15, -0.1) is 0 Å². The van der Waals surface area contributed by atoms with Crippen LogP contribution >= 0.6 is 0 Å². The third kappa shape index (κ3) is 4.00. The van der Waals surface area contributed by atoms with Gasteiger partial charge in [0.2, 0.25) is 15.9 Å². The third-order valence-electron chi connectivity index (χ3n) is 8.25. The molecule has 0 aromatic heterocycles. The van der Waals surface area contributed by atoms with Crippen LogP contribution in [0.1, 0.15) is 49.7 Å². The van der Waals surface area contributed by atoms with E-state index in [1.54, 1.807) is 24.3 Å². The van der Waals surface area contributed by atoms with Crippen LogP contribution in [-0.4, -0.2) is 56.4 Å². The molecular weight excluding hydrogens is 464 g/mol. The quantitative estimate of drug-likeness (QED) is 0.648. The molecule has 0 radical (unpaired) electrons. The summed E-state index contributed by atoms with van der Waals surface area (Å²) in [5.41, 5.74) is 2.48. The Morgan fingerprint density at radius 3 is 2.29 bits per heavy atom. The van der Waals surface area contributed by atoms with Gasteiger partial charge in [-0.3, -0.25) is 4.79 Å². The first-order valence-electron chi connectivity index (χ1n) is 12.7. The van der Waals surface area contributed by atoms with E-state index in [1.807, 2.05) is 11.0 Å². The number of fused-ring (bicyclic) bond motifs is 3. The Bertz CT molecular complexity index is 1220. The number of carbonyl (C=O) groups excluding carboxylic acids is 1. The molecule has 4 aliphatic rings. The van der Waals surface area contributed by atoms with Gasteiger partial charge in [0.15, 0.2) is 11.5 Å². The van der Waals surface area contributed by atoms with E-state index >= 15 is 0 Å². The van der Waals surface area contributed by atoms with Crippen LogP contribution in [0.25, 0.3) is 0 Å². The Hall–Kier alpha value is -2.58. The molecule has 35 heavy (non-hydrogen) atoms. The van der Waals surface area contributed by atoms with Crippen LogP contribution in [0, 0.1) is 5.92 Å². The molecule has 1 saturated carbocycles. The molecule has 1 spiro atoms. The van der Waals surface area contributed by atoms with E-state index in [-0.39, 0.29) is 17.2 Å². The molecule has 7 nitrogen and oxygen atoms in total. The lowest BCUT2D eigenvalue weighted by Gasteiger charge is -2.44. The maximum atomic E-state index is 13.7. The molecule has 0 unspecified atom stereocenters. The Morgan fingerprint density at radius 2 is 1.60 bits per heavy atom. The van der Waals surface area contributed by atoms with Crippen LogP contribution in [0.15, 0.2) is 47.4 Å². The molecule has 0 atom stereocenters. The lowest BCUT2D eigenvalue weighted by atomic mass is 9.73. The van der Waals surface area contributed by atoms with E-state index in [0.29, 0.717) is 50.6 Å². The van der Waals surface area contributed by atoms with Gasteiger partial charge in [0.05, 0.1) is 4.90 Å². The number of rotatable bonds is 3. The SMILES string of the molecule is O=C(C1CCN(S(=O)(=O)c2ccccc2)CC1)N1Cc2cc3c(cc2C2(CCCC2)C1)OCCO3. The van der Waals surface area contributed by atoms with E-state index < -0.39 is 10.0 Å². The van der Waals surface area contributed by atoms with Crippen molar-refractivity contribution in [3.05, 3.63) is 53.6 Å². The normalized spacial score (nSPS) is 22.2. The summed E-state index contributed by atoms with van der Waals surface area (Å²) in [6.07, 6.45) is 5.62. The predicted molar refractivity (Wildman–Crippen MR) is 131 cm³/mol. The molecule has 3 heterocycles. The Kier molecular flexibility index (Phi) is 5.76. The highest BCUT2D eigenvalue weighted by atomic mass is 32.2. The molecular formula is C27H32N2O5S. The molecule has 3 aliphatic heterocycles. The van der Waals surface area contributed by atoms with Gasteiger partial charge in [-0.25, -0.2) is 8.42 Å². The van der Waals surface area contributed by atoms with Gasteiger partial charge < -0.3 is 14.4 Å². The molecule has 1 amide bonds. The number of amides is 1. The summed E-state index contributed by atoms with van der Waals surface area (Å²) in [6, 6.07) is 12.8. The van der Waals surface area contributed by atoms with Gasteiger partial charge in [-0.2, -0.15) is 4.31 Å². The summed E-state index contributed by atoms with van der Waals surface area (Å²) in [5.74, 6) is 1.62. The fourth-order valence-electron chi connectivity index (χ4n) is 6.45. The van der Waals surface area contributed by atoms with Gasteiger partial charge in [0.1, 0.15) is 13.2 Å². The van der Waals surface area contributed by atoms with Crippen LogP contribution in [0.5, 0.6) is 11.5 Å². The maximum absolute atomic E-state index is 13.7. The van der Waals surface area contributed by atoms with Crippen molar-refractivity contribution in [2.24, 2.45) is 5.92 Å². The predicted octanol–water partition coefficient (Wildman–Crippen LogP) is 3.71. The van der Waals surface area contributed by atoms with Crippen molar-refractivity contribution in [1.82, 2.24) is 9.21 Å². The molecule has 8 heteroatoms. The molecule has 6 rings (SSSR count). The molecule has 1 saturated heterocycles. The van der Waals surface area contributed by atoms with Crippen molar-refractivity contribution in [2.75, 3.05) is 32.8 Å². The maximum Gasteiger partial charge on any atom is 0.243 e. The van der Waals surface area contributed by atoms with Crippen molar-refractivity contribution in [3.8, 4) is 11.5 Å². The highest BCUT2D eigenvalue weighted by Gasteiger charge is 2.45. The zero-order valence-corrected chi connectivity index (χ0v) is 20.8. The number of hydrogen-bond acceptors (Lipinski definition) is 5. The first kappa shape index (κ1) is 22.9. The Balaban J connectivity index is 1.20. The monoisotopic (exact) mass is 496 g/mol. The summed E-state index contributed by atoms with van der Waals surface area (Å²) in [7, 11) is -3.52. The second kappa shape index (κ2) is 8.82. The molecule has 186 valence electrons. The summed E-state index contributed by atoms with van der Waals surface area (Å²) in [4.78, 5) is 16.1. The fraction of sp³-hybridized carbons (Fsp3) is 0.519. The molecule has 0 N–H and O–H groups in total.